The Kier molecular flexibility index (Phi) is 5.22. The van der Waals surface area contributed by atoms with Crippen LogP contribution in [-0.4, -0.2) is 12.6 Å². The van der Waals surface area contributed by atoms with Crippen molar-refractivity contribution < 1.29 is 9.53 Å². The Morgan fingerprint density at radius 2 is 2.45 bits per heavy atom. The third kappa shape index (κ3) is 5.43. The van der Waals surface area contributed by atoms with Gasteiger partial charge in [0.05, 0.1) is 13.0 Å². The van der Waals surface area contributed by atoms with Crippen LogP contribution < -0.4 is 0 Å². The number of carbonyl (C=O) groups excluding carboxylic acids is 1. The van der Waals surface area contributed by atoms with Crippen LogP contribution in [0.25, 0.3) is 0 Å². The summed E-state index contributed by atoms with van der Waals surface area (Å²) in [6, 6.07) is 0. The third-order valence-corrected chi connectivity index (χ3v) is 1.20. The van der Waals surface area contributed by atoms with Gasteiger partial charge in [-0.15, -0.1) is 5.73 Å². The van der Waals surface area contributed by atoms with Gasteiger partial charge in [-0.2, -0.15) is 0 Å². The van der Waals surface area contributed by atoms with E-state index < -0.39 is 0 Å². The molecule has 0 aromatic carbocycles. The number of ether oxygens (including phenoxy) is 1. The number of hydrogen-bond acceptors (Lipinski definition) is 2. The van der Waals surface area contributed by atoms with Gasteiger partial charge in [0.2, 0.25) is 0 Å². The molecule has 0 aromatic heterocycles. The lowest BCUT2D eigenvalue weighted by molar-refractivity contribution is -0.143. The number of esters is 1. The fourth-order valence-corrected chi connectivity index (χ4v) is 0.743. The van der Waals surface area contributed by atoms with E-state index in [2.05, 4.69) is 12.3 Å². The minimum absolute atomic E-state index is 0.161. The average molecular weight is 154 g/mol. The molecule has 0 heterocycles. The van der Waals surface area contributed by atoms with Crippen molar-refractivity contribution in [2.24, 2.45) is 5.92 Å². The fourth-order valence-electron chi connectivity index (χ4n) is 0.743. The molecule has 0 aliphatic carbocycles. The molecule has 62 valence electrons. The summed E-state index contributed by atoms with van der Waals surface area (Å²) in [6.45, 7) is 7.59. The van der Waals surface area contributed by atoms with Gasteiger partial charge >= 0.3 is 5.97 Å². The van der Waals surface area contributed by atoms with Gasteiger partial charge < -0.3 is 4.74 Å². The summed E-state index contributed by atoms with van der Waals surface area (Å²) in [5.74, 6) is 0.0121. The lowest BCUT2D eigenvalue weighted by Gasteiger charge is -2.03. The summed E-state index contributed by atoms with van der Waals surface area (Å²) >= 11 is 0. The van der Waals surface area contributed by atoms with E-state index in [1.54, 1.807) is 13.0 Å². The van der Waals surface area contributed by atoms with Crippen LogP contribution >= 0.6 is 0 Å². The zero-order chi connectivity index (χ0) is 8.69. The average Bonchev–Trinajstić information content (AvgIpc) is 1.87. The molecule has 0 aromatic rings. The molecule has 0 aliphatic heterocycles. The molecule has 0 bridgehead atoms. The molecule has 1 unspecified atom stereocenters. The van der Waals surface area contributed by atoms with Gasteiger partial charge in [0.15, 0.2) is 0 Å². The van der Waals surface area contributed by atoms with Crippen LogP contribution in [0.3, 0.4) is 0 Å². The minimum atomic E-state index is -0.161. The van der Waals surface area contributed by atoms with Crippen molar-refractivity contribution in [2.75, 3.05) is 6.61 Å². The second-order valence-corrected chi connectivity index (χ2v) is 2.36. The highest BCUT2D eigenvalue weighted by atomic mass is 16.5. The van der Waals surface area contributed by atoms with E-state index in [-0.39, 0.29) is 11.9 Å². The zero-order valence-corrected chi connectivity index (χ0v) is 7.09. The van der Waals surface area contributed by atoms with Crippen LogP contribution in [-0.2, 0) is 9.53 Å². The summed E-state index contributed by atoms with van der Waals surface area (Å²) < 4.78 is 4.75. The van der Waals surface area contributed by atoms with Crippen molar-refractivity contribution in [3.63, 3.8) is 0 Å². The highest BCUT2D eigenvalue weighted by Crippen LogP contribution is 2.03. The molecular formula is C9H14O2. The highest BCUT2D eigenvalue weighted by Gasteiger charge is 2.05. The maximum absolute atomic E-state index is 10.8. The van der Waals surface area contributed by atoms with Gasteiger partial charge in [0, 0.05) is 0 Å². The van der Waals surface area contributed by atoms with E-state index in [1.165, 1.54) is 0 Å². The first-order valence-corrected chi connectivity index (χ1v) is 3.72. The molecule has 0 fully saturated rings. The molecule has 0 rings (SSSR count). The van der Waals surface area contributed by atoms with Crippen LogP contribution in [0.2, 0.25) is 0 Å². The standard InChI is InChI=1S/C9H14O2/c1-4-6-8(3)7-9(10)11-5-2/h6,8H,1,5,7H2,2-3H3. The largest absolute Gasteiger partial charge is 0.466 e. The first-order chi connectivity index (χ1) is 5.20. The molecule has 0 radical (unpaired) electrons. The van der Waals surface area contributed by atoms with Gasteiger partial charge in [-0.25, -0.2) is 0 Å². The molecule has 0 N–H and O–H groups in total. The Balaban J connectivity index is 3.65. The Labute approximate surface area is 67.6 Å². The van der Waals surface area contributed by atoms with Crippen molar-refractivity contribution in [3.05, 3.63) is 18.4 Å². The predicted octanol–water partition coefficient (Wildman–Crippen LogP) is 1.92. The lowest BCUT2D eigenvalue weighted by atomic mass is 10.1. The molecule has 11 heavy (non-hydrogen) atoms. The normalized spacial score (nSPS) is 11.5. The smallest absolute Gasteiger partial charge is 0.306 e. The van der Waals surface area contributed by atoms with E-state index in [9.17, 15) is 4.79 Å². The van der Waals surface area contributed by atoms with Gasteiger partial charge in [-0.3, -0.25) is 4.79 Å². The zero-order valence-electron chi connectivity index (χ0n) is 7.09. The SMILES string of the molecule is C=C=CC(C)CC(=O)OCC. The number of carbonyl (C=O) groups is 1. The van der Waals surface area contributed by atoms with Crippen LogP contribution in [0.5, 0.6) is 0 Å². The van der Waals surface area contributed by atoms with E-state index >= 15 is 0 Å². The van der Waals surface area contributed by atoms with Gasteiger partial charge in [0.25, 0.3) is 0 Å². The second kappa shape index (κ2) is 5.75. The topological polar surface area (TPSA) is 26.3 Å². The van der Waals surface area contributed by atoms with Gasteiger partial charge in [-0.1, -0.05) is 13.5 Å². The van der Waals surface area contributed by atoms with Crippen LogP contribution in [0.15, 0.2) is 18.4 Å². The molecule has 2 heteroatoms. The van der Waals surface area contributed by atoms with Crippen molar-refractivity contribution in [1.29, 1.82) is 0 Å². The summed E-state index contributed by atoms with van der Waals surface area (Å²) in [4.78, 5) is 10.8. The van der Waals surface area contributed by atoms with Crippen molar-refractivity contribution in [2.45, 2.75) is 20.3 Å². The van der Waals surface area contributed by atoms with E-state index in [0.717, 1.165) is 0 Å². The molecule has 0 spiro atoms. The summed E-state index contributed by atoms with van der Waals surface area (Å²) in [5, 5.41) is 0. The summed E-state index contributed by atoms with van der Waals surface area (Å²) in [5.41, 5.74) is 2.63. The molecule has 0 amide bonds. The fraction of sp³-hybridized carbons (Fsp3) is 0.556. The van der Waals surface area contributed by atoms with E-state index in [1.807, 2.05) is 6.92 Å². The van der Waals surface area contributed by atoms with E-state index in [0.29, 0.717) is 13.0 Å². The van der Waals surface area contributed by atoms with Crippen molar-refractivity contribution >= 4 is 5.97 Å². The minimum Gasteiger partial charge on any atom is -0.466 e. The molecule has 2 nitrogen and oxygen atoms in total. The maximum Gasteiger partial charge on any atom is 0.306 e. The molecule has 1 atom stereocenters. The second-order valence-electron chi connectivity index (χ2n) is 2.36. The number of rotatable bonds is 4. The summed E-state index contributed by atoms with van der Waals surface area (Å²) in [6.07, 6.45) is 2.17. The monoisotopic (exact) mass is 154 g/mol. The Hall–Kier alpha value is -1.01. The lowest BCUT2D eigenvalue weighted by Crippen LogP contribution is -2.07. The maximum atomic E-state index is 10.8. The van der Waals surface area contributed by atoms with Gasteiger partial charge in [0.1, 0.15) is 0 Å². The van der Waals surface area contributed by atoms with E-state index in [4.69, 9.17) is 4.74 Å². The Morgan fingerprint density at radius 1 is 1.82 bits per heavy atom. The molecule has 0 aliphatic rings. The molecule has 0 saturated heterocycles. The first kappa shape index (κ1) is 9.99. The summed E-state index contributed by atoms with van der Waals surface area (Å²) in [7, 11) is 0. The van der Waals surface area contributed by atoms with Crippen molar-refractivity contribution in [1.82, 2.24) is 0 Å². The number of hydrogen-bond donors (Lipinski definition) is 0. The third-order valence-electron chi connectivity index (χ3n) is 1.20. The number of allylic oxidation sites excluding steroid dienone is 1. The quantitative estimate of drug-likeness (QED) is 0.456. The highest BCUT2D eigenvalue weighted by molar-refractivity contribution is 5.69. The molecular weight excluding hydrogens is 140 g/mol. The van der Waals surface area contributed by atoms with Crippen molar-refractivity contribution in [3.8, 4) is 0 Å². The predicted molar refractivity (Wildman–Crippen MR) is 44.1 cm³/mol. The Morgan fingerprint density at radius 3 is 2.91 bits per heavy atom. The Bertz CT molecular complexity index is 166. The van der Waals surface area contributed by atoms with Crippen LogP contribution in [0.1, 0.15) is 20.3 Å². The first-order valence-electron chi connectivity index (χ1n) is 3.72. The van der Waals surface area contributed by atoms with Gasteiger partial charge in [-0.05, 0) is 18.9 Å². The van der Waals surface area contributed by atoms with Crippen LogP contribution in [0, 0.1) is 5.92 Å². The molecule has 0 saturated carbocycles. The van der Waals surface area contributed by atoms with Crippen LogP contribution in [0.4, 0.5) is 0 Å².